The Balaban J connectivity index is 4.54. The molecule has 3 nitrogen and oxygen atoms in total. The van der Waals surface area contributed by atoms with Crippen molar-refractivity contribution in [3.05, 3.63) is 0 Å². The van der Waals surface area contributed by atoms with Crippen LogP contribution in [-0.2, 0) is 4.79 Å². The highest BCUT2D eigenvalue weighted by atomic mass is 16.2. The van der Waals surface area contributed by atoms with Crippen molar-refractivity contribution in [3.63, 3.8) is 0 Å². The summed E-state index contributed by atoms with van der Waals surface area (Å²) in [7, 11) is 0. The second-order valence-corrected chi connectivity index (χ2v) is 4.30. The van der Waals surface area contributed by atoms with Gasteiger partial charge in [-0.15, -0.1) is 0 Å². The SMILES string of the molecule is CCN(C(=O)C(CN)C(C)C)C(C)C. The van der Waals surface area contributed by atoms with Crippen molar-refractivity contribution in [1.29, 1.82) is 0 Å². The molecule has 0 radical (unpaired) electrons. The third kappa shape index (κ3) is 3.29. The molecule has 0 rings (SSSR count). The summed E-state index contributed by atoms with van der Waals surface area (Å²) in [6.45, 7) is 11.4. The van der Waals surface area contributed by atoms with Crippen molar-refractivity contribution in [2.75, 3.05) is 13.1 Å². The second kappa shape index (κ2) is 6.02. The summed E-state index contributed by atoms with van der Waals surface area (Å²) in [4.78, 5) is 13.9. The van der Waals surface area contributed by atoms with Gasteiger partial charge in [-0.2, -0.15) is 0 Å². The summed E-state index contributed by atoms with van der Waals surface area (Å²) >= 11 is 0. The largest absolute Gasteiger partial charge is 0.340 e. The Labute approximate surface area is 87.6 Å². The minimum atomic E-state index is -0.0302. The van der Waals surface area contributed by atoms with E-state index in [9.17, 15) is 4.79 Å². The van der Waals surface area contributed by atoms with E-state index >= 15 is 0 Å². The Hall–Kier alpha value is -0.570. The number of amides is 1. The van der Waals surface area contributed by atoms with Crippen LogP contribution in [-0.4, -0.2) is 29.9 Å². The van der Waals surface area contributed by atoms with E-state index in [0.717, 1.165) is 6.54 Å². The molecule has 0 saturated heterocycles. The van der Waals surface area contributed by atoms with Crippen LogP contribution in [0.3, 0.4) is 0 Å². The summed E-state index contributed by atoms with van der Waals surface area (Å²) in [5.74, 6) is 0.484. The molecule has 84 valence electrons. The van der Waals surface area contributed by atoms with Crippen LogP contribution in [0.4, 0.5) is 0 Å². The Morgan fingerprint density at radius 1 is 1.29 bits per heavy atom. The molecule has 0 aliphatic heterocycles. The predicted octanol–water partition coefficient (Wildman–Crippen LogP) is 1.47. The zero-order valence-corrected chi connectivity index (χ0v) is 10.1. The topological polar surface area (TPSA) is 46.3 Å². The summed E-state index contributed by atoms with van der Waals surface area (Å²) in [5, 5.41) is 0. The average Bonchev–Trinajstić information content (AvgIpc) is 2.04. The fourth-order valence-electron chi connectivity index (χ4n) is 1.65. The lowest BCUT2D eigenvalue weighted by Gasteiger charge is -2.30. The van der Waals surface area contributed by atoms with Crippen LogP contribution in [0.5, 0.6) is 0 Å². The highest BCUT2D eigenvalue weighted by Gasteiger charge is 2.26. The molecule has 0 saturated carbocycles. The molecule has 0 aromatic heterocycles. The summed E-state index contributed by atoms with van der Waals surface area (Å²) in [6, 6.07) is 0.264. The lowest BCUT2D eigenvalue weighted by Crippen LogP contribution is -2.44. The Morgan fingerprint density at radius 3 is 2.00 bits per heavy atom. The smallest absolute Gasteiger partial charge is 0.227 e. The number of carbonyl (C=O) groups excluding carboxylic acids is 1. The van der Waals surface area contributed by atoms with Crippen LogP contribution in [0.2, 0.25) is 0 Å². The maximum Gasteiger partial charge on any atom is 0.227 e. The second-order valence-electron chi connectivity index (χ2n) is 4.30. The first kappa shape index (κ1) is 13.4. The zero-order chi connectivity index (χ0) is 11.3. The van der Waals surface area contributed by atoms with E-state index < -0.39 is 0 Å². The molecule has 1 atom stereocenters. The van der Waals surface area contributed by atoms with Crippen molar-refractivity contribution >= 4 is 5.91 Å². The molecule has 0 aromatic carbocycles. The monoisotopic (exact) mass is 200 g/mol. The zero-order valence-electron chi connectivity index (χ0n) is 10.1. The average molecular weight is 200 g/mol. The Kier molecular flexibility index (Phi) is 5.77. The molecular formula is C11H24N2O. The molecule has 0 spiro atoms. The van der Waals surface area contributed by atoms with E-state index in [2.05, 4.69) is 0 Å². The lowest BCUT2D eigenvalue weighted by molar-refractivity contribution is -0.138. The number of hydrogen-bond donors (Lipinski definition) is 1. The van der Waals surface area contributed by atoms with Gasteiger partial charge >= 0.3 is 0 Å². The van der Waals surface area contributed by atoms with Gasteiger partial charge in [0.1, 0.15) is 0 Å². The van der Waals surface area contributed by atoms with Crippen LogP contribution in [0.1, 0.15) is 34.6 Å². The minimum absolute atomic E-state index is 0.0302. The maximum absolute atomic E-state index is 12.0. The molecule has 0 aliphatic carbocycles. The van der Waals surface area contributed by atoms with Crippen LogP contribution in [0, 0.1) is 11.8 Å². The molecule has 0 fully saturated rings. The Morgan fingerprint density at radius 2 is 1.79 bits per heavy atom. The van der Waals surface area contributed by atoms with E-state index in [4.69, 9.17) is 5.73 Å². The first-order valence-corrected chi connectivity index (χ1v) is 5.46. The lowest BCUT2D eigenvalue weighted by atomic mass is 9.94. The number of rotatable bonds is 5. The van der Waals surface area contributed by atoms with Crippen molar-refractivity contribution in [3.8, 4) is 0 Å². The third-order valence-corrected chi connectivity index (χ3v) is 2.62. The molecule has 0 heterocycles. The fourth-order valence-corrected chi connectivity index (χ4v) is 1.65. The van der Waals surface area contributed by atoms with Gasteiger partial charge in [-0.3, -0.25) is 4.79 Å². The van der Waals surface area contributed by atoms with Crippen molar-refractivity contribution in [2.24, 2.45) is 17.6 Å². The first-order chi connectivity index (χ1) is 6.45. The highest BCUT2D eigenvalue weighted by Crippen LogP contribution is 2.14. The highest BCUT2D eigenvalue weighted by molar-refractivity contribution is 5.79. The minimum Gasteiger partial charge on any atom is -0.340 e. The molecule has 0 aromatic rings. The van der Waals surface area contributed by atoms with Crippen molar-refractivity contribution in [2.45, 2.75) is 40.7 Å². The van der Waals surface area contributed by atoms with E-state index in [-0.39, 0.29) is 17.9 Å². The summed E-state index contributed by atoms with van der Waals surface area (Å²) in [5.41, 5.74) is 5.62. The van der Waals surface area contributed by atoms with Crippen LogP contribution in [0.15, 0.2) is 0 Å². The van der Waals surface area contributed by atoms with Gasteiger partial charge < -0.3 is 10.6 Å². The number of nitrogens with zero attached hydrogens (tertiary/aromatic N) is 1. The molecular weight excluding hydrogens is 176 g/mol. The van der Waals surface area contributed by atoms with Gasteiger partial charge in [-0.25, -0.2) is 0 Å². The van der Waals surface area contributed by atoms with Crippen LogP contribution in [0.25, 0.3) is 0 Å². The van der Waals surface area contributed by atoms with E-state index in [1.807, 2.05) is 39.5 Å². The molecule has 2 N–H and O–H groups in total. The van der Waals surface area contributed by atoms with Crippen molar-refractivity contribution in [1.82, 2.24) is 4.90 Å². The normalized spacial score (nSPS) is 13.4. The van der Waals surface area contributed by atoms with E-state index in [0.29, 0.717) is 12.5 Å². The number of hydrogen-bond acceptors (Lipinski definition) is 2. The van der Waals surface area contributed by atoms with Crippen molar-refractivity contribution < 1.29 is 4.79 Å². The molecule has 3 heteroatoms. The molecule has 1 amide bonds. The van der Waals surface area contributed by atoms with E-state index in [1.165, 1.54) is 0 Å². The van der Waals surface area contributed by atoms with Gasteiger partial charge in [0.25, 0.3) is 0 Å². The van der Waals surface area contributed by atoms with Gasteiger partial charge in [0.05, 0.1) is 5.92 Å². The molecule has 14 heavy (non-hydrogen) atoms. The first-order valence-electron chi connectivity index (χ1n) is 5.46. The van der Waals surface area contributed by atoms with Gasteiger partial charge in [0.15, 0.2) is 0 Å². The van der Waals surface area contributed by atoms with Gasteiger partial charge in [0, 0.05) is 19.1 Å². The van der Waals surface area contributed by atoms with Gasteiger partial charge in [-0.1, -0.05) is 13.8 Å². The number of carbonyl (C=O) groups is 1. The third-order valence-electron chi connectivity index (χ3n) is 2.62. The van der Waals surface area contributed by atoms with Crippen LogP contribution >= 0.6 is 0 Å². The molecule has 0 bridgehead atoms. The summed E-state index contributed by atoms with van der Waals surface area (Å²) in [6.07, 6.45) is 0. The predicted molar refractivity (Wildman–Crippen MR) is 59.9 cm³/mol. The van der Waals surface area contributed by atoms with Crippen LogP contribution < -0.4 is 5.73 Å². The van der Waals surface area contributed by atoms with E-state index in [1.54, 1.807) is 0 Å². The van der Waals surface area contributed by atoms with Gasteiger partial charge in [-0.05, 0) is 26.7 Å². The molecule has 1 unspecified atom stereocenters. The Bertz CT molecular complexity index is 160. The summed E-state index contributed by atoms with van der Waals surface area (Å²) < 4.78 is 0. The molecule has 0 aliphatic rings. The quantitative estimate of drug-likeness (QED) is 0.730. The van der Waals surface area contributed by atoms with Gasteiger partial charge in [0.2, 0.25) is 5.91 Å². The maximum atomic E-state index is 12.0. The number of nitrogens with two attached hydrogens (primary N) is 1. The fraction of sp³-hybridized carbons (Fsp3) is 0.909. The standard InChI is InChI=1S/C11H24N2O/c1-6-13(9(4)5)11(14)10(7-12)8(2)3/h8-10H,6-7,12H2,1-5H3.